The van der Waals surface area contributed by atoms with Crippen molar-refractivity contribution in [3.63, 3.8) is 0 Å². The van der Waals surface area contributed by atoms with E-state index < -0.39 is 34.2 Å². The molecule has 1 atom stereocenters. The minimum absolute atomic E-state index is 0.0607. The lowest BCUT2D eigenvalue weighted by Crippen LogP contribution is -2.29. The van der Waals surface area contributed by atoms with E-state index in [-0.39, 0.29) is 33.8 Å². The molecule has 0 radical (unpaired) electrons. The Balaban J connectivity index is 1.91. The maximum atomic E-state index is 12.6. The number of aromatic nitrogens is 2. The topological polar surface area (TPSA) is 178 Å². The number of hydrogen-bond acceptors (Lipinski definition) is 8. The van der Waals surface area contributed by atoms with Gasteiger partial charge in [-0.05, 0) is 24.3 Å². The van der Waals surface area contributed by atoms with Gasteiger partial charge in [0.15, 0.2) is 0 Å². The molecule has 0 spiro atoms. The predicted molar refractivity (Wildman–Crippen MR) is 97.1 cm³/mol. The molecule has 0 aliphatic carbocycles. The van der Waals surface area contributed by atoms with Crippen LogP contribution in [0, 0.1) is 0 Å². The van der Waals surface area contributed by atoms with Gasteiger partial charge in [-0.15, -0.1) is 0 Å². The third kappa shape index (κ3) is 3.94. The summed E-state index contributed by atoms with van der Waals surface area (Å²) in [5, 5.41) is 25.9. The number of hydrogen-bond donors (Lipinski definition) is 4. The molecule has 3 aromatic rings. The van der Waals surface area contributed by atoms with E-state index in [2.05, 4.69) is 10.3 Å². The SMILES string of the molecule is NS(=O)(=O)c1ccc(NC(=O)c2coc3ncn(CC(O)CO)c(=O)c23)cc1. The molecule has 2 aromatic heterocycles. The van der Waals surface area contributed by atoms with Gasteiger partial charge in [0, 0.05) is 5.69 Å². The van der Waals surface area contributed by atoms with Gasteiger partial charge in [-0.25, -0.2) is 18.5 Å². The van der Waals surface area contributed by atoms with Crippen LogP contribution in [0.1, 0.15) is 10.4 Å². The van der Waals surface area contributed by atoms with Gasteiger partial charge in [0.25, 0.3) is 11.5 Å². The summed E-state index contributed by atoms with van der Waals surface area (Å²) in [5.74, 6) is -0.679. The summed E-state index contributed by atoms with van der Waals surface area (Å²) in [4.78, 5) is 28.9. The number of benzene rings is 1. The van der Waals surface area contributed by atoms with Gasteiger partial charge in [-0.3, -0.25) is 14.2 Å². The smallest absolute Gasteiger partial charge is 0.265 e. The number of furan rings is 1. The minimum Gasteiger partial charge on any atom is -0.445 e. The number of carbonyl (C=O) groups excluding carboxylic acids is 1. The predicted octanol–water partition coefficient (Wildman–Crippen LogP) is -0.758. The van der Waals surface area contributed by atoms with E-state index in [9.17, 15) is 23.1 Å². The van der Waals surface area contributed by atoms with Crippen LogP contribution in [0.25, 0.3) is 11.1 Å². The fraction of sp³-hybridized carbons (Fsp3) is 0.188. The quantitative estimate of drug-likeness (QED) is 0.411. The van der Waals surface area contributed by atoms with Gasteiger partial charge in [0.1, 0.15) is 18.0 Å². The van der Waals surface area contributed by atoms with E-state index in [1.165, 1.54) is 24.3 Å². The first kappa shape index (κ1) is 19.7. The second kappa shape index (κ2) is 7.52. The lowest BCUT2D eigenvalue weighted by Gasteiger charge is -2.09. The summed E-state index contributed by atoms with van der Waals surface area (Å²) in [6.45, 7) is -0.753. The van der Waals surface area contributed by atoms with Crippen LogP contribution in [0.15, 0.2) is 51.0 Å². The maximum Gasteiger partial charge on any atom is 0.265 e. The van der Waals surface area contributed by atoms with Crippen LogP contribution in [0.5, 0.6) is 0 Å². The fourth-order valence-electron chi connectivity index (χ4n) is 2.48. The third-order valence-electron chi connectivity index (χ3n) is 3.86. The Labute approximate surface area is 158 Å². The van der Waals surface area contributed by atoms with E-state index in [0.717, 1.165) is 17.2 Å². The molecular formula is C16H16N4O7S. The van der Waals surface area contributed by atoms with Crippen molar-refractivity contribution in [3.8, 4) is 0 Å². The Hall–Kier alpha value is -3.06. The van der Waals surface area contributed by atoms with Gasteiger partial charge >= 0.3 is 0 Å². The highest BCUT2D eigenvalue weighted by Crippen LogP contribution is 2.18. The molecular weight excluding hydrogens is 392 g/mol. The molecule has 5 N–H and O–H groups in total. The highest BCUT2D eigenvalue weighted by Gasteiger charge is 2.20. The number of primary sulfonamides is 1. The third-order valence-corrected chi connectivity index (χ3v) is 4.79. The number of fused-ring (bicyclic) bond motifs is 1. The van der Waals surface area contributed by atoms with Crippen LogP contribution in [-0.2, 0) is 16.6 Å². The van der Waals surface area contributed by atoms with Gasteiger partial charge < -0.3 is 19.9 Å². The van der Waals surface area contributed by atoms with Gasteiger partial charge in [0.05, 0.1) is 29.7 Å². The second-order valence-electron chi connectivity index (χ2n) is 5.89. The summed E-state index contributed by atoms with van der Waals surface area (Å²) in [7, 11) is -3.86. The van der Waals surface area contributed by atoms with Crippen LogP contribution in [-0.4, -0.2) is 46.8 Å². The highest BCUT2D eigenvalue weighted by atomic mass is 32.2. The molecule has 148 valence electrons. The zero-order valence-corrected chi connectivity index (χ0v) is 15.1. The molecule has 0 saturated carbocycles. The van der Waals surface area contributed by atoms with E-state index in [0.29, 0.717) is 0 Å². The number of amides is 1. The Kier molecular flexibility index (Phi) is 5.29. The monoisotopic (exact) mass is 408 g/mol. The van der Waals surface area contributed by atoms with Crippen LogP contribution in [0.3, 0.4) is 0 Å². The molecule has 12 heteroatoms. The maximum absolute atomic E-state index is 12.6. The number of anilines is 1. The van der Waals surface area contributed by atoms with Crippen molar-refractivity contribution in [2.24, 2.45) is 5.14 Å². The molecule has 3 rings (SSSR count). The largest absolute Gasteiger partial charge is 0.445 e. The molecule has 0 aliphatic heterocycles. The molecule has 28 heavy (non-hydrogen) atoms. The number of nitrogens with two attached hydrogens (primary N) is 1. The number of nitrogens with zero attached hydrogens (tertiary/aromatic N) is 2. The molecule has 0 aliphatic rings. The number of sulfonamides is 1. The van der Waals surface area contributed by atoms with E-state index in [4.69, 9.17) is 14.7 Å². The summed E-state index contributed by atoms with van der Waals surface area (Å²) < 4.78 is 28.7. The van der Waals surface area contributed by atoms with Crippen LogP contribution >= 0.6 is 0 Å². The lowest BCUT2D eigenvalue weighted by molar-refractivity contribution is 0.0802. The van der Waals surface area contributed by atoms with Crippen LogP contribution in [0.2, 0.25) is 0 Å². The zero-order valence-electron chi connectivity index (χ0n) is 14.3. The van der Waals surface area contributed by atoms with Gasteiger partial charge in [0.2, 0.25) is 15.7 Å². The first-order chi connectivity index (χ1) is 13.2. The molecule has 0 bridgehead atoms. The number of aliphatic hydroxyl groups is 2. The average molecular weight is 408 g/mol. The van der Waals surface area contributed by atoms with E-state index in [1.807, 2.05) is 0 Å². The van der Waals surface area contributed by atoms with E-state index in [1.54, 1.807) is 0 Å². The van der Waals surface area contributed by atoms with Crippen LogP contribution in [0.4, 0.5) is 5.69 Å². The number of nitrogens with one attached hydrogen (secondary N) is 1. The minimum atomic E-state index is -3.86. The van der Waals surface area contributed by atoms with Gasteiger partial charge in [-0.2, -0.15) is 0 Å². The summed E-state index contributed by atoms with van der Waals surface area (Å²) in [5.41, 5.74) is -0.502. The Bertz CT molecular complexity index is 1180. The van der Waals surface area contributed by atoms with Crippen LogP contribution < -0.4 is 16.0 Å². The zero-order chi connectivity index (χ0) is 20.5. The van der Waals surface area contributed by atoms with Crippen molar-refractivity contribution in [1.29, 1.82) is 0 Å². The normalized spacial score (nSPS) is 12.8. The Morgan fingerprint density at radius 1 is 1.32 bits per heavy atom. The number of rotatable bonds is 6. The molecule has 1 amide bonds. The summed E-state index contributed by atoms with van der Waals surface area (Å²) >= 11 is 0. The lowest BCUT2D eigenvalue weighted by atomic mass is 10.2. The second-order valence-corrected chi connectivity index (χ2v) is 7.45. The number of carbonyl (C=O) groups is 1. The fourth-order valence-corrected chi connectivity index (χ4v) is 2.99. The van der Waals surface area contributed by atoms with Crippen molar-refractivity contribution < 1.29 is 27.8 Å². The van der Waals surface area contributed by atoms with Crippen molar-refractivity contribution in [3.05, 3.63) is 52.8 Å². The number of aliphatic hydroxyl groups excluding tert-OH is 2. The highest BCUT2D eigenvalue weighted by molar-refractivity contribution is 7.89. The molecule has 1 aromatic carbocycles. The summed E-state index contributed by atoms with van der Waals surface area (Å²) in [6.07, 6.45) is 1.04. The van der Waals surface area contributed by atoms with E-state index >= 15 is 0 Å². The molecule has 0 fully saturated rings. The van der Waals surface area contributed by atoms with Gasteiger partial charge in [-0.1, -0.05) is 0 Å². The molecule has 1 unspecified atom stereocenters. The summed E-state index contributed by atoms with van der Waals surface area (Å²) in [6, 6.07) is 5.13. The molecule has 2 heterocycles. The Morgan fingerprint density at radius 3 is 2.61 bits per heavy atom. The molecule has 0 saturated heterocycles. The van der Waals surface area contributed by atoms with Crippen molar-refractivity contribution >= 4 is 32.7 Å². The average Bonchev–Trinajstić information content (AvgIpc) is 3.08. The first-order valence-electron chi connectivity index (χ1n) is 7.90. The standard InChI is InChI=1S/C16H16N4O7S/c17-28(25,26)11-3-1-9(2-4-11)19-14(23)12-7-27-15-13(12)16(24)20(8-18-15)5-10(22)6-21/h1-4,7-8,10,21-22H,5-6H2,(H,19,23)(H2,17,25,26). The Morgan fingerprint density at radius 2 is 2.00 bits per heavy atom. The van der Waals surface area contributed by atoms with Crippen molar-refractivity contribution in [1.82, 2.24) is 9.55 Å². The molecule has 11 nitrogen and oxygen atoms in total. The first-order valence-corrected chi connectivity index (χ1v) is 9.45. The van der Waals surface area contributed by atoms with Crippen molar-refractivity contribution in [2.75, 3.05) is 11.9 Å². The van der Waals surface area contributed by atoms with Crippen molar-refractivity contribution in [2.45, 2.75) is 17.5 Å².